The highest BCUT2D eigenvalue weighted by molar-refractivity contribution is 7.27. The van der Waals surface area contributed by atoms with E-state index in [4.69, 9.17) is 30.4 Å². The number of aromatic nitrogens is 8. The summed E-state index contributed by atoms with van der Waals surface area (Å²) in [6.45, 7) is 0. The number of H-pyrrole nitrogens is 1. The smallest absolute Gasteiger partial charge is 0.238 e. The standard InChI is InChI=1S/C50H28N4OS.C28H16ClN3O.C22H13NS/c1-2-14-30(15-3-1)53-38-22-10-6-16-31(38)37-28-29(26-27-40(37)53)46-45-35-20-8-12-24-41(35)55-49(45)52-50(51-46)54-39-23-11-7-19-34(39)43-32-17-4-5-18-33(32)44-36-21-9-13-25-42(36)56-48(44)47(43)54;29-28-30-26(25-20-11-5-7-13-24(20)33-27(25)31-28)17-14-15-23-21(16-17)19-10-4-6-12-22(19)32(23)18-8-2-1-3-9-18;1-2-8-14-13(7-1)19-15-9-3-5-11-17(15)23-21(19)22-20(14)16-10-4-6-12-18(16)24-22/h1-28H;1-16H;1-12,23H. The number of nitrogens with one attached hydrogen (secondary N) is 1. The molecule has 0 atom stereocenters. The minimum absolute atomic E-state index is 0.170. The van der Waals surface area contributed by atoms with Crippen LogP contribution in [0.2, 0.25) is 5.28 Å². The zero-order valence-electron chi connectivity index (χ0n) is 60.0. The number of hydrogen-bond acceptors (Lipinski definition) is 8. The molecule has 0 amide bonds. The lowest BCUT2D eigenvalue weighted by atomic mass is 9.99. The number of hydrogen-bond donors (Lipinski definition) is 1. The van der Waals surface area contributed by atoms with Crippen LogP contribution in [0.5, 0.6) is 0 Å². The van der Waals surface area contributed by atoms with E-state index in [2.05, 4.69) is 326 Å². The fourth-order valence-corrected chi connectivity index (χ4v) is 20.7. The molecule has 0 fully saturated rings. The third-order valence-corrected chi connectivity index (χ3v) is 25.2. The minimum atomic E-state index is 0.170. The van der Waals surface area contributed by atoms with Gasteiger partial charge in [-0.2, -0.15) is 9.97 Å². The van der Waals surface area contributed by atoms with Gasteiger partial charge < -0.3 is 23.0 Å². The first-order valence-corrected chi connectivity index (χ1v) is 39.7. The Hall–Kier alpha value is -14.3. The molecule has 0 bridgehead atoms. The topological polar surface area (TPSA) is 108 Å². The average molecular weight is 1500 g/mol. The summed E-state index contributed by atoms with van der Waals surface area (Å²) in [5, 5.41) is 24.1. The molecule has 10 aromatic heterocycles. The van der Waals surface area contributed by atoms with Crippen molar-refractivity contribution in [3.8, 4) is 39.8 Å². The van der Waals surface area contributed by atoms with Crippen LogP contribution in [0.15, 0.2) is 349 Å². The maximum Gasteiger partial charge on any atom is 0.238 e. The second-order valence-corrected chi connectivity index (χ2v) is 31.2. The minimum Gasteiger partial charge on any atom is -0.438 e. The van der Waals surface area contributed by atoms with E-state index in [0.29, 0.717) is 17.4 Å². The highest BCUT2D eigenvalue weighted by Gasteiger charge is 2.28. The number of nitrogens with zero attached hydrogens (tertiary/aromatic N) is 7. The second kappa shape index (κ2) is 24.9. The monoisotopic (exact) mass is 1500 g/mol. The van der Waals surface area contributed by atoms with Gasteiger partial charge in [-0.1, -0.05) is 243 Å². The van der Waals surface area contributed by atoms with Gasteiger partial charge in [0.1, 0.15) is 11.2 Å². The molecule has 0 radical (unpaired) electrons. The predicted molar refractivity (Wildman–Crippen MR) is 474 cm³/mol. The number of para-hydroxylation sites is 8. The molecule has 0 aliphatic rings. The third-order valence-electron chi connectivity index (χ3n) is 22.7. The molecule has 10 heterocycles. The maximum atomic E-state index is 6.64. The lowest BCUT2D eigenvalue weighted by Crippen LogP contribution is -2.03. The SMILES string of the molecule is Clc1nc(-c2ccc3c(c2)c2ccccc2n3-c2ccccc2)c2c(n1)oc1ccccc12.c1ccc(-n2c3ccccc3c3cc(-c4nc(-n5c6ccccc6c6c7ccccc7c7c8ccccc8sc7c65)nc5oc6ccccc6c45)ccc32)cc1.c1ccc2c(c1)[nH]c1c3sc4ccccc4c3c3ccccc3c21. The summed E-state index contributed by atoms with van der Waals surface area (Å²) in [7, 11) is 0. The van der Waals surface area contributed by atoms with Crippen molar-refractivity contribution in [2.75, 3.05) is 0 Å². The van der Waals surface area contributed by atoms with Gasteiger partial charge in [0.25, 0.3) is 0 Å². The fourth-order valence-electron chi connectivity index (χ4n) is 18.0. The molecule has 0 saturated heterocycles. The van der Waals surface area contributed by atoms with Crippen molar-refractivity contribution >= 4 is 228 Å². The van der Waals surface area contributed by atoms with Crippen molar-refractivity contribution in [1.29, 1.82) is 0 Å². The molecule has 16 aromatic carbocycles. The maximum absolute atomic E-state index is 6.64. The van der Waals surface area contributed by atoms with E-state index in [1.807, 2.05) is 65.1 Å². The lowest BCUT2D eigenvalue weighted by molar-refractivity contribution is 0.651. The first-order valence-electron chi connectivity index (χ1n) is 37.7. The molecule has 10 nitrogen and oxygen atoms in total. The van der Waals surface area contributed by atoms with Gasteiger partial charge in [0.2, 0.25) is 22.7 Å². The van der Waals surface area contributed by atoms with E-state index < -0.39 is 0 Å². The van der Waals surface area contributed by atoms with Crippen LogP contribution in [0.3, 0.4) is 0 Å². The Morgan fingerprint density at radius 3 is 1.24 bits per heavy atom. The molecule has 0 aliphatic carbocycles. The molecular formula is C100H57ClN8O2S2. The van der Waals surface area contributed by atoms with Gasteiger partial charge in [-0.3, -0.25) is 4.57 Å². The molecule has 528 valence electrons. The second-order valence-electron chi connectivity index (χ2n) is 28.8. The van der Waals surface area contributed by atoms with Crippen molar-refractivity contribution < 1.29 is 8.83 Å². The molecule has 0 aliphatic heterocycles. The van der Waals surface area contributed by atoms with Crippen molar-refractivity contribution in [2.24, 2.45) is 0 Å². The zero-order valence-corrected chi connectivity index (χ0v) is 62.4. The first-order chi connectivity index (χ1) is 56.0. The summed E-state index contributed by atoms with van der Waals surface area (Å²) < 4.78 is 24.7. The molecule has 0 spiro atoms. The Morgan fingerprint density at radius 2 is 0.681 bits per heavy atom. The van der Waals surface area contributed by atoms with Crippen LogP contribution in [0.4, 0.5) is 0 Å². The molecule has 13 heteroatoms. The first kappa shape index (κ1) is 63.6. The summed E-state index contributed by atoms with van der Waals surface area (Å²) in [6, 6.07) is 120. The van der Waals surface area contributed by atoms with Crippen LogP contribution in [0.1, 0.15) is 0 Å². The van der Waals surface area contributed by atoms with Crippen LogP contribution in [-0.2, 0) is 0 Å². The van der Waals surface area contributed by atoms with Crippen LogP contribution in [0, 0.1) is 0 Å². The Morgan fingerprint density at radius 1 is 0.283 bits per heavy atom. The lowest BCUT2D eigenvalue weighted by Gasteiger charge is -2.11. The number of fused-ring (bicyclic) bond motifs is 32. The van der Waals surface area contributed by atoms with Crippen molar-refractivity contribution in [3.05, 3.63) is 345 Å². The van der Waals surface area contributed by atoms with E-state index in [1.165, 1.54) is 111 Å². The Kier molecular flexibility index (Phi) is 14.0. The zero-order chi connectivity index (χ0) is 74.1. The molecule has 0 saturated carbocycles. The van der Waals surface area contributed by atoms with Gasteiger partial charge in [0.05, 0.1) is 70.2 Å². The van der Waals surface area contributed by atoms with E-state index >= 15 is 0 Å². The van der Waals surface area contributed by atoms with Gasteiger partial charge in [-0.05, 0) is 130 Å². The Bertz CT molecular complexity index is 8380. The predicted octanol–water partition coefficient (Wildman–Crippen LogP) is 28.4. The number of thiophene rings is 2. The molecule has 1 N–H and O–H groups in total. The Labute approximate surface area is 655 Å². The van der Waals surface area contributed by atoms with Crippen LogP contribution in [0.25, 0.3) is 233 Å². The quantitative estimate of drug-likeness (QED) is 0.172. The third kappa shape index (κ3) is 9.58. The number of benzene rings is 16. The highest BCUT2D eigenvalue weighted by atomic mass is 35.5. The molecule has 26 aromatic rings. The van der Waals surface area contributed by atoms with E-state index in [9.17, 15) is 0 Å². The van der Waals surface area contributed by atoms with Gasteiger partial charge in [-0.25, -0.2) is 9.97 Å². The van der Waals surface area contributed by atoms with E-state index in [1.54, 1.807) is 0 Å². The number of rotatable bonds is 5. The molecular weight excluding hydrogens is 1440 g/mol. The van der Waals surface area contributed by atoms with Gasteiger partial charge in [-0.15, -0.1) is 22.7 Å². The Balaban J connectivity index is 0.000000109. The van der Waals surface area contributed by atoms with Crippen molar-refractivity contribution in [2.45, 2.75) is 0 Å². The summed E-state index contributed by atoms with van der Waals surface area (Å²) in [5.41, 5.74) is 17.7. The van der Waals surface area contributed by atoms with Gasteiger partial charge >= 0.3 is 0 Å². The summed E-state index contributed by atoms with van der Waals surface area (Å²) in [4.78, 5) is 23.6. The van der Waals surface area contributed by atoms with Crippen molar-refractivity contribution in [3.63, 3.8) is 0 Å². The van der Waals surface area contributed by atoms with Gasteiger partial charge in [0, 0.05) is 113 Å². The summed E-state index contributed by atoms with van der Waals surface area (Å²) in [5.74, 6) is 0.582. The average Bonchev–Trinajstić information content (AvgIpc) is 1.54. The summed E-state index contributed by atoms with van der Waals surface area (Å²) >= 11 is 10.0. The number of furan rings is 2. The number of aromatic amines is 1. The summed E-state index contributed by atoms with van der Waals surface area (Å²) in [6.07, 6.45) is 0. The van der Waals surface area contributed by atoms with Crippen molar-refractivity contribution in [1.82, 2.24) is 38.6 Å². The largest absolute Gasteiger partial charge is 0.438 e. The number of halogens is 1. The van der Waals surface area contributed by atoms with Crippen LogP contribution in [-0.4, -0.2) is 38.6 Å². The fraction of sp³-hybridized carbons (Fsp3) is 0. The van der Waals surface area contributed by atoms with E-state index in [0.717, 1.165) is 105 Å². The highest BCUT2D eigenvalue weighted by Crippen LogP contribution is 2.51. The van der Waals surface area contributed by atoms with Crippen LogP contribution >= 0.6 is 34.3 Å². The molecule has 0 unspecified atom stereocenters. The normalized spacial score (nSPS) is 12.1. The molecule has 113 heavy (non-hydrogen) atoms. The molecule has 26 rings (SSSR count). The van der Waals surface area contributed by atoms with E-state index in [-0.39, 0.29) is 5.28 Å². The van der Waals surface area contributed by atoms with Crippen LogP contribution < -0.4 is 0 Å². The van der Waals surface area contributed by atoms with Gasteiger partial charge in [0.15, 0.2) is 0 Å².